The van der Waals surface area contributed by atoms with Crippen LogP contribution in [0.1, 0.15) is 59.3 Å². The van der Waals surface area contributed by atoms with Gasteiger partial charge in [0.25, 0.3) is 0 Å². The Kier molecular flexibility index (Phi) is 6.01. The van der Waals surface area contributed by atoms with Crippen LogP contribution in [0.4, 0.5) is 4.79 Å². The number of nitrogens with zero attached hydrogens (tertiary/aromatic N) is 1. The lowest BCUT2D eigenvalue weighted by molar-refractivity contribution is -0.165. The largest absolute Gasteiger partial charge is 0.481 e. The molecule has 1 fully saturated rings. The molecule has 1 aliphatic carbocycles. The van der Waals surface area contributed by atoms with E-state index in [9.17, 15) is 9.59 Å². The van der Waals surface area contributed by atoms with Gasteiger partial charge in [0.15, 0.2) is 0 Å². The zero-order chi connectivity index (χ0) is 16.1. The number of hydrogen-bond acceptors (Lipinski definition) is 4. The molecule has 0 saturated heterocycles. The Morgan fingerprint density at radius 3 is 2.24 bits per heavy atom. The van der Waals surface area contributed by atoms with Crippen molar-refractivity contribution in [2.75, 3.05) is 13.7 Å². The molecule has 0 spiro atoms. The van der Waals surface area contributed by atoms with E-state index in [1.165, 1.54) is 4.90 Å². The number of hydrogen-bond donors (Lipinski definition) is 1. The van der Waals surface area contributed by atoms with Gasteiger partial charge in [-0.1, -0.05) is 6.42 Å². The van der Waals surface area contributed by atoms with Crippen LogP contribution in [-0.4, -0.2) is 47.0 Å². The van der Waals surface area contributed by atoms with Gasteiger partial charge in [0.05, 0.1) is 13.0 Å². The average Bonchev–Trinajstić information content (AvgIpc) is 2.36. The first-order valence-corrected chi connectivity index (χ1v) is 7.49. The smallest absolute Gasteiger partial charge is 0.412 e. The number of amides is 1. The summed E-state index contributed by atoms with van der Waals surface area (Å²) < 4.78 is 11.2. The van der Waals surface area contributed by atoms with E-state index in [4.69, 9.17) is 14.6 Å². The number of carboxylic acid groups (broad SMARTS) is 1. The molecule has 0 unspecified atom stereocenters. The van der Waals surface area contributed by atoms with Crippen molar-refractivity contribution >= 4 is 12.1 Å². The summed E-state index contributed by atoms with van der Waals surface area (Å²) in [7, 11) is 1.67. The quantitative estimate of drug-likeness (QED) is 0.790. The number of carbonyl (C=O) groups is 2. The third-order valence-electron chi connectivity index (χ3n) is 3.60. The monoisotopic (exact) mass is 301 g/mol. The van der Waals surface area contributed by atoms with Crippen LogP contribution in [-0.2, 0) is 14.3 Å². The maximum absolute atomic E-state index is 12.3. The van der Waals surface area contributed by atoms with E-state index in [0.29, 0.717) is 12.8 Å². The Hall–Kier alpha value is -1.30. The number of carboxylic acids is 1. The van der Waals surface area contributed by atoms with E-state index in [-0.39, 0.29) is 13.0 Å². The summed E-state index contributed by atoms with van der Waals surface area (Å²) in [6.45, 7) is 5.55. The lowest BCUT2D eigenvalue weighted by Gasteiger charge is -2.44. The van der Waals surface area contributed by atoms with Crippen molar-refractivity contribution in [2.24, 2.45) is 0 Å². The van der Waals surface area contributed by atoms with E-state index in [1.54, 1.807) is 7.05 Å². The summed E-state index contributed by atoms with van der Waals surface area (Å²) >= 11 is 0. The van der Waals surface area contributed by atoms with Crippen molar-refractivity contribution in [3.05, 3.63) is 0 Å². The summed E-state index contributed by atoms with van der Waals surface area (Å²) in [5.41, 5.74) is -1.31. The minimum Gasteiger partial charge on any atom is -0.481 e. The van der Waals surface area contributed by atoms with Gasteiger partial charge in [-0.2, -0.15) is 0 Å². The molecule has 0 heterocycles. The molecule has 0 aliphatic heterocycles. The first-order valence-electron chi connectivity index (χ1n) is 7.49. The summed E-state index contributed by atoms with van der Waals surface area (Å²) in [4.78, 5) is 24.4. The highest BCUT2D eigenvalue weighted by Crippen LogP contribution is 2.35. The SMILES string of the molecule is CN(C(=O)OC(C)(C)C)C1(OCCC(=O)O)CCCCC1. The molecule has 1 amide bonds. The Labute approximate surface area is 126 Å². The van der Waals surface area contributed by atoms with Crippen LogP contribution in [0.15, 0.2) is 0 Å². The van der Waals surface area contributed by atoms with Crippen molar-refractivity contribution in [3.8, 4) is 0 Å². The molecule has 6 heteroatoms. The highest BCUT2D eigenvalue weighted by molar-refractivity contribution is 5.68. The summed E-state index contributed by atoms with van der Waals surface area (Å²) in [5.74, 6) is -0.902. The van der Waals surface area contributed by atoms with Gasteiger partial charge in [-0.3, -0.25) is 9.69 Å². The molecule has 122 valence electrons. The fourth-order valence-electron chi connectivity index (χ4n) is 2.51. The predicted molar refractivity (Wildman–Crippen MR) is 78.0 cm³/mol. The van der Waals surface area contributed by atoms with Crippen LogP contribution >= 0.6 is 0 Å². The Bertz CT molecular complexity index is 369. The maximum Gasteiger partial charge on any atom is 0.412 e. The van der Waals surface area contributed by atoms with Gasteiger partial charge in [0, 0.05) is 7.05 Å². The number of rotatable bonds is 5. The van der Waals surface area contributed by atoms with Crippen molar-refractivity contribution in [3.63, 3.8) is 0 Å². The summed E-state index contributed by atoms with van der Waals surface area (Å²) in [5, 5.41) is 8.74. The number of ether oxygens (including phenoxy) is 2. The molecule has 21 heavy (non-hydrogen) atoms. The van der Waals surface area contributed by atoms with E-state index in [2.05, 4.69) is 0 Å². The molecule has 0 atom stereocenters. The van der Waals surface area contributed by atoms with E-state index >= 15 is 0 Å². The van der Waals surface area contributed by atoms with Crippen molar-refractivity contribution < 1.29 is 24.2 Å². The van der Waals surface area contributed by atoms with Crippen LogP contribution < -0.4 is 0 Å². The molecule has 0 radical (unpaired) electrons. The van der Waals surface area contributed by atoms with Gasteiger partial charge >= 0.3 is 12.1 Å². The third kappa shape index (κ3) is 5.53. The fraction of sp³-hybridized carbons (Fsp3) is 0.867. The summed E-state index contributed by atoms with van der Waals surface area (Å²) in [6, 6.07) is 0. The molecule has 1 aliphatic rings. The van der Waals surface area contributed by atoms with Crippen molar-refractivity contribution in [1.82, 2.24) is 4.90 Å². The van der Waals surface area contributed by atoms with Gasteiger partial charge in [-0.05, 0) is 46.5 Å². The third-order valence-corrected chi connectivity index (χ3v) is 3.60. The molecule has 1 rings (SSSR count). The topological polar surface area (TPSA) is 76.1 Å². The van der Waals surface area contributed by atoms with Crippen LogP contribution in [0.5, 0.6) is 0 Å². The minimum absolute atomic E-state index is 0.0656. The lowest BCUT2D eigenvalue weighted by atomic mass is 9.90. The molecule has 0 aromatic carbocycles. The van der Waals surface area contributed by atoms with E-state index in [0.717, 1.165) is 19.3 Å². The normalized spacial score (nSPS) is 18.1. The van der Waals surface area contributed by atoms with Crippen LogP contribution in [0.2, 0.25) is 0 Å². The molecule has 0 bridgehead atoms. The van der Waals surface area contributed by atoms with Crippen LogP contribution in [0.3, 0.4) is 0 Å². The first kappa shape index (κ1) is 17.8. The Morgan fingerprint density at radius 1 is 1.19 bits per heavy atom. The van der Waals surface area contributed by atoms with Gasteiger partial charge in [-0.15, -0.1) is 0 Å². The van der Waals surface area contributed by atoms with Crippen molar-refractivity contribution in [1.29, 1.82) is 0 Å². The zero-order valence-electron chi connectivity index (χ0n) is 13.5. The standard InChI is InChI=1S/C15H27NO5/c1-14(2,3)21-13(19)16(4)15(9-6-5-7-10-15)20-11-8-12(17)18/h5-11H2,1-4H3,(H,17,18). The zero-order valence-corrected chi connectivity index (χ0v) is 13.5. The molecular formula is C15H27NO5. The predicted octanol–water partition coefficient (Wildman–Crippen LogP) is 3.01. The van der Waals surface area contributed by atoms with Gasteiger partial charge in [-0.25, -0.2) is 4.79 Å². The molecule has 1 saturated carbocycles. The number of carbonyl (C=O) groups excluding carboxylic acids is 1. The molecule has 6 nitrogen and oxygen atoms in total. The second-order valence-corrected chi connectivity index (χ2v) is 6.54. The number of aliphatic carboxylic acids is 1. The van der Waals surface area contributed by atoms with E-state index in [1.807, 2.05) is 20.8 Å². The van der Waals surface area contributed by atoms with Crippen molar-refractivity contribution in [2.45, 2.75) is 70.6 Å². The highest BCUT2D eigenvalue weighted by Gasteiger charge is 2.41. The van der Waals surface area contributed by atoms with Gasteiger partial charge in [0.1, 0.15) is 11.3 Å². The van der Waals surface area contributed by atoms with Gasteiger partial charge < -0.3 is 14.6 Å². The Morgan fingerprint density at radius 2 is 1.76 bits per heavy atom. The minimum atomic E-state index is -0.902. The first-order chi connectivity index (χ1) is 9.66. The molecule has 1 N–H and O–H groups in total. The van der Waals surface area contributed by atoms with E-state index < -0.39 is 23.4 Å². The average molecular weight is 301 g/mol. The van der Waals surface area contributed by atoms with Crippen LogP contribution in [0, 0.1) is 0 Å². The van der Waals surface area contributed by atoms with Crippen LogP contribution in [0.25, 0.3) is 0 Å². The highest BCUT2D eigenvalue weighted by atomic mass is 16.6. The molecular weight excluding hydrogens is 274 g/mol. The lowest BCUT2D eigenvalue weighted by Crippen LogP contribution is -2.54. The Balaban J connectivity index is 2.75. The summed E-state index contributed by atoms with van der Waals surface area (Å²) in [6.07, 6.45) is 3.95. The van der Waals surface area contributed by atoms with Gasteiger partial charge in [0.2, 0.25) is 0 Å². The molecule has 0 aromatic rings. The fourth-order valence-corrected chi connectivity index (χ4v) is 2.51. The molecule has 0 aromatic heterocycles. The second kappa shape index (κ2) is 7.11. The maximum atomic E-state index is 12.3. The second-order valence-electron chi connectivity index (χ2n) is 6.54.